The number of nitrogens with zero attached hydrogens (tertiary/aromatic N) is 1. The molecule has 0 aliphatic carbocycles. The minimum Gasteiger partial charge on any atom is -0.513 e. The number of hydrogen-bond acceptors (Lipinski definition) is 3. The van der Waals surface area contributed by atoms with Gasteiger partial charge in [0, 0.05) is 30.1 Å². The Bertz CT molecular complexity index is 699. The van der Waals surface area contributed by atoms with Gasteiger partial charge in [0.1, 0.15) is 0 Å². The van der Waals surface area contributed by atoms with Crippen LogP contribution < -0.4 is 4.90 Å². The number of benzene rings is 1. The molecular weight excluding hydrogens is 288 g/mol. The Morgan fingerprint density at radius 2 is 2.13 bits per heavy atom. The third-order valence-corrected chi connectivity index (χ3v) is 4.90. The molecule has 1 saturated heterocycles. The number of nitrogens with one attached hydrogen (secondary N) is 1. The number of aromatic amines is 1. The van der Waals surface area contributed by atoms with Crippen LogP contribution in [0, 0.1) is 12.8 Å². The van der Waals surface area contributed by atoms with Crippen molar-refractivity contribution in [2.75, 3.05) is 31.2 Å². The molecule has 23 heavy (non-hydrogen) atoms. The maximum atomic E-state index is 9.81. The van der Waals surface area contributed by atoms with Crippen LogP contribution in [0.1, 0.15) is 24.6 Å². The van der Waals surface area contributed by atoms with Gasteiger partial charge in [0.15, 0.2) is 0 Å². The van der Waals surface area contributed by atoms with Crippen LogP contribution in [-0.2, 0) is 11.2 Å². The fourth-order valence-corrected chi connectivity index (χ4v) is 3.46. The summed E-state index contributed by atoms with van der Waals surface area (Å²) in [5.74, 6) is 0.394. The van der Waals surface area contributed by atoms with Crippen LogP contribution in [0.5, 0.6) is 0 Å². The van der Waals surface area contributed by atoms with Crippen LogP contribution in [0.4, 0.5) is 5.69 Å². The van der Waals surface area contributed by atoms with E-state index in [1.807, 2.05) is 0 Å². The number of rotatable bonds is 5. The Balaban J connectivity index is 2.00. The Kier molecular flexibility index (Phi) is 4.62. The zero-order chi connectivity index (χ0) is 16.4. The number of aromatic nitrogens is 1. The lowest BCUT2D eigenvalue weighted by atomic mass is 9.93. The molecule has 1 fully saturated rings. The molecule has 4 heteroatoms. The predicted molar refractivity (Wildman–Crippen MR) is 95.3 cm³/mol. The molecule has 1 atom stereocenters. The maximum Gasteiger partial charge on any atom is 0.0885 e. The predicted octanol–water partition coefficient (Wildman–Crippen LogP) is 3.95. The van der Waals surface area contributed by atoms with Crippen molar-refractivity contribution in [3.8, 4) is 0 Å². The first-order chi connectivity index (χ1) is 11.1. The molecule has 1 aromatic carbocycles. The summed E-state index contributed by atoms with van der Waals surface area (Å²) in [5.41, 5.74) is 4.91. The van der Waals surface area contributed by atoms with E-state index in [4.69, 9.17) is 4.74 Å². The number of para-hydroxylation sites is 1. The van der Waals surface area contributed by atoms with E-state index in [1.165, 1.54) is 27.8 Å². The summed E-state index contributed by atoms with van der Waals surface area (Å²) >= 11 is 0. The van der Waals surface area contributed by atoms with Gasteiger partial charge < -0.3 is 19.7 Å². The number of aliphatic hydroxyl groups excluding tert-OH is 1. The molecule has 3 rings (SSSR count). The molecule has 0 radical (unpaired) electrons. The summed E-state index contributed by atoms with van der Waals surface area (Å²) in [6, 6.07) is 6.47. The molecule has 0 bridgehead atoms. The number of anilines is 1. The monoisotopic (exact) mass is 314 g/mol. The van der Waals surface area contributed by atoms with Crippen molar-refractivity contribution in [2.45, 2.75) is 26.7 Å². The van der Waals surface area contributed by atoms with Gasteiger partial charge in [0.2, 0.25) is 0 Å². The number of fused-ring (bicyclic) bond motifs is 1. The van der Waals surface area contributed by atoms with Gasteiger partial charge in [0.05, 0.1) is 30.2 Å². The highest BCUT2D eigenvalue weighted by Gasteiger charge is 2.20. The van der Waals surface area contributed by atoms with Crippen molar-refractivity contribution in [1.29, 1.82) is 0 Å². The molecule has 1 aliphatic heterocycles. The summed E-state index contributed by atoms with van der Waals surface area (Å²) < 4.78 is 5.47. The molecular formula is C19H26N2O2. The quantitative estimate of drug-likeness (QED) is 0.822. The van der Waals surface area contributed by atoms with E-state index in [9.17, 15) is 5.11 Å². The zero-order valence-electron chi connectivity index (χ0n) is 14.1. The first-order valence-corrected chi connectivity index (χ1v) is 8.42. The van der Waals surface area contributed by atoms with E-state index in [2.05, 4.69) is 48.5 Å². The van der Waals surface area contributed by atoms with Gasteiger partial charge in [-0.05, 0) is 31.4 Å². The van der Waals surface area contributed by atoms with Gasteiger partial charge >= 0.3 is 0 Å². The molecule has 0 amide bonds. The molecule has 1 aromatic heterocycles. The fourth-order valence-electron chi connectivity index (χ4n) is 3.46. The number of aryl methyl sites for hydroxylation is 1. The first kappa shape index (κ1) is 15.9. The number of H-pyrrole nitrogens is 1. The molecule has 1 unspecified atom stereocenters. The van der Waals surface area contributed by atoms with Crippen molar-refractivity contribution in [3.05, 3.63) is 41.8 Å². The second-order valence-corrected chi connectivity index (χ2v) is 6.33. The van der Waals surface area contributed by atoms with Gasteiger partial charge in [-0.15, -0.1) is 0 Å². The molecule has 2 heterocycles. The van der Waals surface area contributed by atoms with Crippen molar-refractivity contribution < 1.29 is 9.84 Å². The van der Waals surface area contributed by atoms with E-state index < -0.39 is 0 Å². The zero-order valence-corrected chi connectivity index (χ0v) is 14.1. The normalized spacial score (nSPS) is 16.7. The Morgan fingerprint density at radius 3 is 2.78 bits per heavy atom. The minimum absolute atomic E-state index is 0.111. The average molecular weight is 314 g/mol. The van der Waals surface area contributed by atoms with E-state index in [1.54, 1.807) is 0 Å². The molecule has 124 valence electrons. The van der Waals surface area contributed by atoms with E-state index in [0.29, 0.717) is 0 Å². The molecule has 2 N–H and O–H groups in total. The highest BCUT2D eigenvalue weighted by atomic mass is 16.5. The van der Waals surface area contributed by atoms with Crippen LogP contribution in [0.25, 0.3) is 10.9 Å². The van der Waals surface area contributed by atoms with Gasteiger partial charge in [-0.1, -0.05) is 25.6 Å². The smallest absolute Gasteiger partial charge is 0.0885 e. The third-order valence-electron chi connectivity index (χ3n) is 4.90. The lowest BCUT2D eigenvalue weighted by molar-refractivity contribution is 0.123. The second-order valence-electron chi connectivity index (χ2n) is 6.33. The summed E-state index contributed by atoms with van der Waals surface area (Å²) in [5, 5.41) is 11.1. The largest absolute Gasteiger partial charge is 0.513 e. The third kappa shape index (κ3) is 3.08. The van der Waals surface area contributed by atoms with Crippen molar-refractivity contribution in [2.24, 2.45) is 5.92 Å². The van der Waals surface area contributed by atoms with Gasteiger partial charge in [-0.2, -0.15) is 0 Å². The number of ether oxygens (including phenoxy) is 1. The van der Waals surface area contributed by atoms with Gasteiger partial charge in [-0.3, -0.25) is 0 Å². The summed E-state index contributed by atoms with van der Waals surface area (Å²) in [6.07, 6.45) is 1.72. The summed E-state index contributed by atoms with van der Waals surface area (Å²) in [4.78, 5) is 5.95. The molecule has 2 aromatic rings. The highest BCUT2D eigenvalue weighted by molar-refractivity contribution is 5.95. The number of allylic oxidation sites excluding steroid dienone is 1. The van der Waals surface area contributed by atoms with E-state index >= 15 is 0 Å². The van der Waals surface area contributed by atoms with Crippen molar-refractivity contribution in [1.82, 2.24) is 4.98 Å². The SMILES string of the molecule is C=C(O)C(CC)Cc1c(C)[nH]c2c(N3CCOCC3)cccc12. The number of aliphatic hydroxyl groups is 1. The lowest BCUT2D eigenvalue weighted by Gasteiger charge is -2.29. The van der Waals surface area contributed by atoms with Gasteiger partial charge in [0.25, 0.3) is 0 Å². The molecule has 4 nitrogen and oxygen atoms in total. The molecule has 1 aliphatic rings. The number of morpholine rings is 1. The average Bonchev–Trinajstić information content (AvgIpc) is 2.88. The second kappa shape index (κ2) is 6.67. The van der Waals surface area contributed by atoms with Gasteiger partial charge in [-0.25, -0.2) is 0 Å². The summed E-state index contributed by atoms with van der Waals surface area (Å²) in [7, 11) is 0. The van der Waals surface area contributed by atoms with Crippen LogP contribution in [0.3, 0.4) is 0 Å². The van der Waals surface area contributed by atoms with Crippen LogP contribution in [0.2, 0.25) is 0 Å². The maximum absolute atomic E-state index is 9.81. The molecule has 0 spiro atoms. The van der Waals surface area contributed by atoms with Crippen molar-refractivity contribution >= 4 is 16.6 Å². The Morgan fingerprint density at radius 1 is 1.39 bits per heavy atom. The Labute approximate surface area is 137 Å². The fraction of sp³-hybridized carbons (Fsp3) is 0.474. The summed E-state index contributed by atoms with van der Waals surface area (Å²) in [6.45, 7) is 11.4. The van der Waals surface area contributed by atoms with Crippen LogP contribution in [0.15, 0.2) is 30.5 Å². The van der Waals surface area contributed by atoms with Crippen LogP contribution >= 0.6 is 0 Å². The van der Waals surface area contributed by atoms with Crippen LogP contribution in [-0.4, -0.2) is 36.4 Å². The highest BCUT2D eigenvalue weighted by Crippen LogP contribution is 2.33. The Hall–Kier alpha value is -1.94. The van der Waals surface area contributed by atoms with E-state index in [-0.39, 0.29) is 11.7 Å². The number of hydrogen-bond donors (Lipinski definition) is 2. The van der Waals surface area contributed by atoms with E-state index in [0.717, 1.165) is 39.1 Å². The minimum atomic E-state index is 0.111. The molecule has 0 saturated carbocycles. The topological polar surface area (TPSA) is 48.5 Å². The standard InChI is InChI=1S/C19H26N2O2/c1-4-15(14(3)22)12-17-13(2)20-19-16(17)6-5-7-18(19)21-8-10-23-11-9-21/h5-7,15,20,22H,3-4,8-12H2,1-2H3. The first-order valence-electron chi connectivity index (χ1n) is 8.42. The van der Waals surface area contributed by atoms with Crippen molar-refractivity contribution in [3.63, 3.8) is 0 Å². The lowest BCUT2D eigenvalue weighted by Crippen LogP contribution is -2.36.